The molecule has 0 aliphatic rings. The maximum atomic E-state index is 11.0. The third-order valence-electron chi connectivity index (χ3n) is 2.61. The summed E-state index contributed by atoms with van der Waals surface area (Å²) >= 11 is 0. The van der Waals surface area contributed by atoms with Gasteiger partial charge in [0.2, 0.25) is 5.82 Å². The van der Waals surface area contributed by atoms with E-state index in [0.29, 0.717) is 17.9 Å². The minimum atomic E-state index is -0.407. The number of nitrogens with one attached hydrogen (secondary N) is 1. The van der Waals surface area contributed by atoms with Gasteiger partial charge in [0.15, 0.2) is 0 Å². The summed E-state index contributed by atoms with van der Waals surface area (Å²) in [6.45, 7) is 2.21. The third kappa shape index (κ3) is 2.63. The van der Waals surface area contributed by atoms with E-state index in [1.54, 1.807) is 19.2 Å². The van der Waals surface area contributed by atoms with Gasteiger partial charge in [0.25, 0.3) is 0 Å². The predicted molar refractivity (Wildman–Crippen MR) is 69.4 cm³/mol. The monoisotopic (exact) mass is 243 g/mol. The molecule has 0 unspecified atom stereocenters. The lowest BCUT2D eigenvalue weighted by molar-refractivity contribution is -0.384. The topological polar surface area (TPSA) is 68.1 Å². The SMILES string of the molecule is Cc1ccnc(NCc2ccccc2)c1[N+](=O)[O-]. The zero-order valence-corrected chi connectivity index (χ0v) is 9.96. The zero-order chi connectivity index (χ0) is 13.0. The number of anilines is 1. The van der Waals surface area contributed by atoms with E-state index in [9.17, 15) is 10.1 Å². The zero-order valence-electron chi connectivity index (χ0n) is 9.96. The molecule has 0 fully saturated rings. The number of nitro groups is 1. The van der Waals surface area contributed by atoms with E-state index in [-0.39, 0.29) is 5.69 Å². The number of hydrogen-bond donors (Lipinski definition) is 1. The molecule has 0 bridgehead atoms. The fourth-order valence-electron chi connectivity index (χ4n) is 1.69. The number of nitrogens with zero attached hydrogens (tertiary/aromatic N) is 2. The first kappa shape index (κ1) is 12.0. The van der Waals surface area contributed by atoms with Gasteiger partial charge in [0, 0.05) is 18.3 Å². The molecule has 0 spiro atoms. The van der Waals surface area contributed by atoms with Gasteiger partial charge < -0.3 is 5.32 Å². The van der Waals surface area contributed by atoms with Crippen LogP contribution in [-0.4, -0.2) is 9.91 Å². The molecule has 5 nitrogen and oxygen atoms in total. The van der Waals surface area contributed by atoms with E-state index in [4.69, 9.17) is 0 Å². The van der Waals surface area contributed by atoms with Gasteiger partial charge in [-0.05, 0) is 18.6 Å². The molecule has 5 heteroatoms. The standard InChI is InChI=1S/C13H13N3O2/c1-10-7-8-14-13(12(10)16(17)18)15-9-11-5-3-2-4-6-11/h2-8H,9H2,1H3,(H,14,15). The van der Waals surface area contributed by atoms with Crippen molar-refractivity contribution in [3.05, 3.63) is 63.8 Å². The Hall–Kier alpha value is -2.43. The van der Waals surface area contributed by atoms with Gasteiger partial charge in [-0.25, -0.2) is 4.98 Å². The predicted octanol–water partition coefficient (Wildman–Crippen LogP) is 2.91. The molecule has 1 heterocycles. The van der Waals surface area contributed by atoms with Gasteiger partial charge >= 0.3 is 5.69 Å². The van der Waals surface area contributed by atoms with Crippen LogP contribution in [0.25, 0.3) is 0 Å². The Bertz CT molecular complexity index is 555. The van der Waals surface area contributed by atoms with Gasteiger partial charge in [-0.15, -0.1) is 0 Å². The number of aromatic nitrogens is 1. The number of pyridine rings is 1. The molecule has 0 aliphatic heterocycles. The van der Waals surface area contributed by atoms with Crippen LogP contribution in [0.2, 0.25) is 0 Å². The summed E-state index contributed by atoms with van der Waals surface area (Å²) in [5.74, 6) is 0.309. The van der Waals surface area contributed by atoms with Crippen molar-refractivity contribution in [2.24, 2.45) is 0 Å². The highest BCUT2D eigenvalue weighted by Gasteiger charge is 2.17. The molecule has 0 saturated heterocycles. The lowest BCUT2D eigenvalue weighted by Crippen LogP contribution is -2.05. The van der Waals surface area contributed by atoms with Gasteiger partial charge in [0.05, 0.1) is 4.92 Å². The maximum absolute atomic E-state index is 11.0. The van der Waals surface area contributed by atoms with Crippen LogP contribution in [0.4, 0.5) is 11.5 Å². The summed E-state index contributed by atoms with van der Waals surface area (Å²) in [6.07, 6.45) is 1.57. The average molecular weight is 243 g/mol. The second kappa shape index (κ2) is 5.27. The molecule has 1 aromatic carbocycles. The normalized spacial score (nSPS) is 10.1. The van der Waals surface area contributed by atoms with Crippen LogP contribution in [-0.2, 0) is 6.54 Å². The molecule has 0 amide bonds. The minimum Gasteiger partial charge on any atom is -0.360 e. The first-order valence-corrected chi connectivity index (χ1v) is 5.56. The Morgan fingerprint density at radius 2 is 2.00 bits per heavy atom. The highest BCUT2D eigenvalue weighted by molar-refractivity contribution is 5.59. The Morgan fingerprint density at radius 1 is 1.28 bits per heavy atom. The summed E-state index contributed by atoms with van der Waals surface area (Å²) < 4.78 is 0. The first-order chi connectivity index (χ1) is 8.68. The lowest BCUT2D eigenvalue weighted by Gasteiger charge is -2.07. The lowest BCUT2D eigenvalue weighted by atomic mass is 10.2. The molecule has 92 valence electrons. The molecule has 2 aromatic rings. The Morgan fingerprint density at radius 3 is 2.67 bits per heavy atom. The third-order valence-corrected chi connectivity index (χ3v) is 2.61. The van der Waals surface area contributed by atoms with Crippen molar-refractivity contribution < 1.29 is 4.92 Å². The highest BCUT2D eigenvalue weighted by atomic mass is 16.6. The number of aryl methyl sites for hydroxylation is 1. The number of benzene rings is 1. The summed E-state index contributed by atoms with van der Waals surface area (Å²) in [7, 11) is 0. The van der Waals surface area contributed by atoms with Crippen molar-refractivity contribution in [3.8, 4) is 0 Å². The highest BCUT2D eigenvalue weighted by Crippen LogP contribution is 2.25. The van der Waals surface area contributed by atoms with Crippen LogP contribution < -0.4 is 5.32 Å². The van der Waals surface area contributed by atoms with Crippen molar-refractivity contribution in [3.63, 3.8) is 0 Å². The Labute approximate surface area is 105 Å². The first-order valence-electron chi connectivity index (χ1n) is 5.56. The van der Waals surface area contributed by atoms with Crippen LogP contribution in [0, 0.1) is 17.0 Å². The van der Waals surface area contributed by atoms with E-state index in [1.165, 1.54) is 0 Å². The quantitative estimate of drug-likeness (QED) is 0.662. The van der Waals surface area contributed by atoms with Crippen LogP contribution >= 0.6 is 0 Å². The largest absolute Gasteiger partial charge is 0.360 e. The van der Waals surface area contributed by atoms with Gasteiger partial charge in [-0.3, -0.25) is 10.1 Å². The van der Waals surface area contributed by atoms with E-state index in [1.807, 2.05) is 30.3 Å². The van der Waals surface area contributed by atoms with Crippen molar-refractivity contribution >= 4 is 11.5 Å². The fraction of sp³-hybridized carbons (Fsp3) is 0.154. The van der Waals surface area contributed by atoms with Crippen molar-refractivity contribution in [2.75, 3.05) is 5.32 Å². The summed E-state index contributed by atoms with van der Waals surface area (Å²) in [6, 6.07) is 11.3. The van der Waals surface area contributed by atoms with E-state index >= 15 is 0 Å². The van der Waals surface area contributed by atoms with Crippen molar-refractivity contribution in [1.82, 2.24) is 4.98 Å². The van der Waals surface area contributed by atoms with Gasteiger partial charge in [0.1, 0.15) is 0 Å². The molecular weight excluding hydrogens is 230 g/mol. The van der Waals surface area contributed by atoms with Crippen LogP contribution in [0.5, 0.6) is 0 Å². The average Bonchev–Trinajstić information content (AvgIpc) is 2.37. The molecule has 0 atom stereocenters. The summed E-state index contributed by atoms with van der Waals surface area (Å²) in [5, 5.41) is 14.0. The molecule has 18 heavy (non-hydrogen) atoms. The summed E-state index contributed by atoms with van der Waals surface area (Å²) in [5.41, 5.74) is 1.69. The van der Waals surface area contributed by atoms with Crippen LogP contribution in [0.1, 0.15) is 11.1 Å². The van der Waals surface area contributed by atoms with Crippen LogP contribution in [0.15, 0.2) is 42.6 Å². The van der Waals surface area contributed by atoms with Crippen LogP contribution in [0.3, 0.4) is 0 Å². The Balaban J connectivity index is 2.20. The molecule has 2 rings (SSSR count). The molecule has 1 N–H and O–H groups in total. The smallest absolute Gasteiger partial charge is 0.314 e. The Kier molecular flexibility index (Phi) is 3.52. The molecule has 0 aliphatic carbocycles. The number of hydrogen-bond acceptors (Lipinski definition) is 4. The second-order valence-corrected chi connectivity index (χ2v) is 3.92. The molecule has 1 aromatic heterocycles. The minimum absolute atomic E-state index is 0.0356. The second-order valence-electron chi connectivity index (χ2n) is 3.92. The van der Waals surface area contributed by atoms with E-state index < -0.39 is 4.92 Å². The van der Waals surface area contributed by atoms with Gasteiger partial charge in [-0.1, -0.05) is 30.3 Å². The number of rotatable bonds is 4. The fourth-order valence-corrected chi connectivity index (χ4v) is 1.69. The maximum Gasteiger partial charge on any atom is 0.314 e. The van der Waals surface area contributed by atoms with E-state index in [0.717, 1.165) is 5.56 Å². The van der Waals surface area contributed by atoms with Crippen molar-refractivity contribution in [2.45, 2.75) is 13.5 Å². The van der Waals surface area contributed by atoms with Crippen molar-refractivity contribution in [1.29, 1.82) is 0 Å². The van der Waals surface area contributed by atoms with E-state index in [2.05, 4.69) is 10.3 Å². The van der Waals surface area contributed by atoms with Gasteiger partial charge in [-0.2, -0.15) is 0 Å². The molecule has 0 radical (unpaired) electrons. The molecule has 0 saturated carbocycles. The molecular formula is C13H13N3O2. The summed E-state index contributed by atoms with van der Waals surface area (Å²) in [4.78, 5) is 14.6.